The highest BCUT2D eigenvalue weighted by atomic mass is 32.2. The van der Waals surface area contributed by atoms with Gasteiger partial charge in [0.2, 0.25) is 5.95 Å². The summed E-state index contributed by atoms with van der Waals surface area (Å²) in [6.07, 6.45) is -1.52. The van der Waals surface area contributed by atoms with E-state index in [2.05, 4.69) is 25.6 Å². The minimum absolute atomic E-state index is 0.0136. The summed E-state index contributed by atoms with van der Waals surface area (Å²) in [5, 5.41) is 4.55. The Balaban J connectivity index is 1.73. The van der Waals surface area contributed by atoms with Crippen LogP contribution in [0, 0.1) is 0 Å². The second kappa shape index (κ2) is 11.1. The molecular weight excluding hydrogens is 506 g/mol. The van der Waals surface area contributed by atoms with Crippen molar-refractivity contribution in [3.05, 3.63) is 48.5 Å². The lowest BCUT2D eigenvalue weighted by Gasteiger charge is -2.33. The lowest BCUT2D eigenvalue weighted by molar-refractivity contribution is 0.0981. The normalized spacial score (nSPS) is 16.0. The van der Waals surface area contributed by atoms with Crippen LogP contribution in [0.5, 0.6) is 0 Å². The Bertz CT molecular complexity index is 1370. The Kier molecular flexibility index (Phi) is 7.93. The van der Waals surface area contributed by atoms with Crippen LogP contribution < -0.4 is 15.5 Å². The molecule has 0 saturated carbocycles. The number of alkyl halides is 2. The van der Waals surface area contributed by atoms with Crippen molar-refractivity contribution in [3.8, 4) is 22.8 Å². The van der Waals surface area contributed by atoms with Crippen molar-refractivity contribution in [3.63, 3.8) is 0 Å². The molecule has 1 fully saturated rings. The molecule has 13 heteroatoms. The first kappa shape index (κ1) is 26.4. The molecular formula is C24H26F2N6O4S. The van der Waals surface area contributed by atoms with Crippen LogP contribution in [0.4, 0.5) is 25.2 Å². The van der Waals surface area contributed by atoms with Crippen molar-refractivity contribution < 1.29 is 26.7 Å². The Hall–Kier alpha value is -3.71. The first-order chi connectivity index (χ1) is 17.6. The van der Waals surface area contributed by atoms with Gasteiger partial charge in [-0.1, -0.05) is 12.1 Å². The second-order valence-corrected chi connectivity index (χ2v) is 10.5. The van der Waals surface area contributed by atoms with Gasteiger partial charge in [0.25, 0.3) is 6.43 Å². The molecule has 2 heterocycles. The third-order valence-electron chi connectivity index (χ3n) is 5.59. The maximum absolute atomic E-state index is 12.5. The summed E-state index contributed by atoms with van der Waals surface area (Å²) in [6.45, 7) is 2.76. The average molecular weight is 533 g/mol. The molecule has 2 aromatic carbocycles. The van der Waals surface area contributed by atoms with E-state index < -0.39 is 28.8 Å². The topological polar surface area (TPSA) is 126 Å². The van der Waals surface area contributed by atoms with Crippen LogP contribution >= 0.6 is 0 Å². The van der Waals surface area contributed by atoms with Gasteiger partial charge in [-0.05, 0) is 43.3 Å². The zero-order valence-corrected chi connectivity index (χ0v) is 21.0. The van der Waals surface area contributed by atoms with Gasteiger partial charge in [0.1, 0.15) is 0 Å². The summed E-state index contributed by atoms with van der Waals surface area (Å²) >= 11 is 0. The lowest BCUT2D eigenvalue weighted by Crippen LogP contribution is -2.44. The van der Waals surface area contributed by atoms with Crippen LogP contribution in [-0.2, 0) is 14.6 Å². The molecule has 37 heavy (non-hydrogen) atoms. The fraction of sp³-hybridized carbons (Fsp3) is 0.333. The monoisotopic (exact) mass is 532 g/mol. The minimum atomic E-state index is -3.56. The highest BCUT2D eigenvalue weighted by Crippen LogP contribution is 2.29. The Morgan fingerprint density at radius 1 is 1.11 bits per heavy atom. The van der Waals surface area contributed by atoms with Gasteiger partial charge < -0.3 is 20.3 Å². The molecule has 2 amide bonds. The molecule has 1 aromatic heterocycles. The van der Waals surface area contributed by atoms with E-state index in [-0.39, 0.29) is 16.8 Å². The molecule has 1 atom stereocenters. The van der Waals surface area contributed by atoms with Gasteiger partial charge in [0.05, 0.1) is 30.7 Å². The van der Waals surface area contributed by atoms with Crippen molar-refractivity contribution in [2.45, 2.75) is 24.3 Å². The molecule has 3 aromatic rings. The van der Waals surface area contributed by atoms with E-state index in [1.807, 2.05) is 11.8 Å². The molecule has 0 radical (unpaired) electrons. The summed E-state index contributed by atoms with van der Waals surface area (Å²) in [4.78, 5) is 27.7. The predicted molar refractivity (Wildman–Crippen MR) is 134 cm³/mol. The first-order valence-corrected chi connectivity index (χ1v) is 13.3. The molecule has 0 unspecified atom stereocenters. The second-order valence-electron chi connectivity index (χ2n) is 8.47. The number of hydrogen-bond acceptors (Lipinski definition) is 8. The highest BCUT2D eigenvalue weighted by Gasteiger charge is 2.25. The largest absolute Gasteiger partial charge is 0.377 e. The molecule has 1 aliphatic heterocycles. The number of anilines is 2. The van der Waals surface area contributed by atoms with Crippen LogP contribution in [0.3, 0.4) is 0 Å². The number of benzene rings is 2. The average Bonchev–Trinajstić information content (AvgIpc) is 2.87. The Labute approximate surface area is 213 Å². The molecule has 0 spiro atoms. The number of amides is 2. The number of hydrogen-bond donors (Lipinski definition) is 2. The van der Waals surface area contributed by atoms with Crippen LogP contribution in [0.25, 0.3) is 22.8 Å². The fourth-order valence-corrected chi connectivity index (χ4v) is 4.67. The van der Waals surface area contributed by atoms with Gasteiger partial charge in [-0.2, -0.15) is 9.97 Å². The number of carbonyl (C=O) groups is 1. The summed E-state index contributed by atoms with van der Waals surface area (Å²) < 4.78 is 55.0. The smallest absolute Gasteiger partial charge is 0.319 e. The Morgan fingerprint density at radius 2 is 1.81 bits per heavy atom. The van der Waals surface area contributed by atoms with E-state index in [0.29, 0.717) is 48.3 Å². The van der Waals surface area contributed by atoms with Crippen LogP contribution in [0.2, 0.25) is 0 Å². The van der Waals surface area contributed by atoms with E-state index in [4.69, 9.17) is 4.74 Å². The first-order valence-electron chi connectivity index (χ1n) is 11.4. The molecule has 1 aliphatic rings. The summed E-state index contributed by atoms with van der Waals surface area (Å²) in [5.41, 5.74) is 1.32. The Morgan fingerprint density at radius 3 is 2.49 bits per heavy atom. The lowest BCUT2D eigenvalue weighted by atomic mass is 10.1. The number of sulfone groups is 1. The van der Waals surface area contributed by atoms with Crippen LogP contribution in [0.15, 0.2) is 53.4 Å². The van der Waals surface area contributed by atoms with Crippen molar-refractivity contribution in [1.82, 2.24) is 20.3 Å². The summed E-state index contributed by atoms with van der Waals surface area (Å²) in [5.74, 6) is 0.886. The van der Waals surface area contributed by atoms with Gasteiger partial charge >= 0.3 is 6.03 Å². The number of halogens is 2. The van der Waals surface area contributed by atoms with Crippen molar-refractivity contribution >= 4 is 27.5 Å². The van der Waals surface area contributed by atoms with Gasteiger partial charge in [0.15, 0.2) is 21.5 Å². The molecule has 0 bridgehead atoms. The molecule has 0 aliphatic carbocycles. The highest BCUT2D eigenvalue weighted by molar-refractivity contribution is 7.90. The summed E-state index contributed by atoms with van der Waals surface area (Å²) in [7, 11) is -3.56. The van der Waals surface area contributed by atoms with E-state index in [1.165, 1.54) is 6.07 Å². The summed E-state index contributed by atoms with van der Waals surface area (Å²) in [6, 6.07) is 12.2. The minimum Gasteiger partial charge on any atom is -0.377 e. The third kappa shape index (κ3) is 6.54. The number of ether oxygens (including phenoxy) is 1. The molecule has 1 saturated heterocycles. The van der Waals surface area contributed by atoms with Crippen molar-refractivity contribution in [1.29, 1.82) is 0 Å². The quantitative estimate of drug-likeness (QED) is 0.475. The van der Waals surface area contributed by atoms with E-state index >= 15 is 0 Å². The number of urea groups is 1. The number of aromatic nitrogens is 3. The molecule has 10 nitrogen and oxygen atoms in total. The van der Waals surface area contributed by atoms with E-state index in [9.17, 15) is 22.0 Å². The zero-order chi connectivity index (χ0) is 26.6. The number of morpholine rings is 1. The zero-order valence-electron chi connectivity index (χ0n) is 20.2. The predicted octanol–water partition coefficient (Wildman–Crippen LogP) is 3.22. The number of nitrogens with zero attached hydrogens (tertiary/aromatic N) is 4. The van der Waals surface area contributed by atoms with Gasteiger partial charge in [-0.3, -0.25) is 0 Å². The fourth-order valence-electron chi connectivity index (χ4n) is 3.79. The van der Waals surface area contributed by atoms with Crippen LogP contribution in [-0.4, -0.2) is 74.4 Å². The van der Waals surface area contributed by atoms with Crippen molar-refractivity contribution in [2.75, 3.05) is 42.8 Å². The SMILES string of the molecule is C[C@H]1COCCN1c1nc(-c2ccc(NC(=O)NCC(F)F)cc2)nc(-c2ccccc2S(C)(=O)=O)n1. The van der Waals surface area contributed by atoms with Gasteiger partial charge in [-0.25, -0.2) is 27.0 Å². The maximum atomic E-state index is 12.5. The third-order valence-corrected chi connectivity index (χ3v) is 6.75. The maximum Gasteiger partial charge on any atom is 0.319 e. The van der Waals surface area contributed by atoms with E-state index in [0.717, 1.165) is 6.26 Å². The molecule has 2 N–H and O–H groups in total. The standard InChI is InChI=1S/C24H26F2N6O4S/c1-15-14-36-12-11-32(15)23-30-21(16-7-9-17(10-8-16)28-24(33)27-13-20(25)26)29-22(31-23)18-5-3-4-6-19(18)37(2,34)35/h3-10,15,20H,11-14H2,1-2H3,(H2,27,28,33)/t15-/m0/s1. The van der Waals surface area contributed by atoms with Gasteiger partial charge in [0, 0.05) is 29.6 Å². The number of nitrogens with one attached hydrogen (secondary N) is 2. The molecule has 196 valence electrons. The van der Waals surface area contributed by atoms with Gasteiger partial charge in [-0.15, -0.1) is 0 Å². The van der Waals surface area contributed by atoms with E-state index in [1.54, 1.807) is 42.5 Å². The van der Waals surface area contributed by atoms with Crippen LogP contribution in [0.1, 0.15) is 6.92 Å². The number of carbonyl (C=O) groups excluding carboxylic acids is 1. The molecule has 4 rings (SSSR count). The van der Waals surface area contributed by atoms with Crippen molar-refractivity contribution in [2.24, 2.45) is 0 Å². The number of rotatable bonds is 7.